The molecule has 2 aliphatic heterocycles. The van der Waals surface area contributed by atoms with Crippen molar-refractivity contribution in [1.82, 2.24) is 9.88 Å². The zero-order valence-electron chi connectivity index (χ0n) is 15.8. The van der Waals surface area contributed by atoms with Gasteiger partial charge in [0.1, 0.15) is 18.2 Å². The Kier molecular flexibility index (Phi) is 4.95. The Morgan fingerprint density at radius 1 is 1.07 bits per heavy atom. The van der Waals surface area contributed by atoms with Crippen LogP contribution in [-0.2, 0) is 13.1 Å². The van der Waals surface area contributed by atoms with Gasteiger partial charge in [-0.2, -0.15) is 0 Å². The summed E-state index contributed by atoms with van der Waals surface area (Å²) in [6.45, 7) is 1.77. The van der Waals surface area contributed by atoms with Crippen LogP contribution in [0.15, 0.2) is 60.6 Å². The fourth-order valence-corrected chi connectivity index (χ4v) is 4.14. The first-order chi connectivity index (χ1) is 14.6. The first-order valence-corrected chi connectivity index (χ1v) is 10.1. The summed E-state index contributed by atoms with van der Waals surface area (Å²) in [5, 5.41) is 0.910. The Hall–Kier alpha value is -2.86. The van der Waals surface area contributed by atoms with Crippen LogP contribution in [-0.4, -0.2) is 22.4 Å². The SMILES string of the molecule is O=C1/C(=C/c2c(Cl)cccc2Cl)Oc2c1ccc1c2CN(Cc2ccncc2)CO1. The summed E-state index contributed by atoms with van der Waals surface area (Å²) in [6.07, 6.45) is 5.13. The maximum atomic E-state index is 12.9. The fraction of sp³-hybridized carbons (Fsp3) is 0.130. The summed E-state index contributed by atoms with van der Waals surface area (Å²) < 4.78 is 11.9. The van der Waals surface area contributed by atoms with Crippen molar-refractivity contribution >= 4 is 35.1 Å². The third-order valence-electron chi connectivity index (χ3n) is 5.11. The monoisotopic (exact) mass is 438 g/mol. The minimum Gasteiger partial charge on any atom is -0.478 e. The number of ketones is 1. The number of hydrogen-bond donors (Lipinski definition) is 0. The Morgan fingerprint density at radius 2 is 1.83 bits per heavy atom. The molecule has 0 bridgehead atoms. The molecule has 3 heterocycles. The highest BCUT2D eigenvalue weighted by atomic mass is 35.5. The third kappa shape index (κ3) is 3.45. The maximum absolute atomic E-state index is 12.9. The van der Waals surface area contributed by atoms with Crippen molar-refractivity contribution < 1.29 is 14.3 Å². The van der Waals surface area contributed by atoms with Gasteiger partial charge in [-0.05, 0) is 48.0 Å². The summed E-state index contributed by atoms with van der Waals surface area (Å²) in [5.41, 5.74) is 3.06. The fourth-order valence-electron chi connectivity index (χ4n) is 3.63. The van der Waals surface area contributed by atoms with Gasteiger partial charge < -0.3 is 9.47 Å². The van der Waals surface area contributed by atoms with E-state index in [0.717, 1.165) is 16.9 Å². The zero-order valence-corrected chi connectivity index (χ0v) is 17.3. The molecule has 0 saturated heterocycles. The number of nitrogens with zero attached hydrogens (tertiary/aromatic N) is 2. The highest BCUT2D eigenvalue weighted by Gasteiger charge is 2.33. The molecule has 0 radical (unpaired) electrons. The highest BCUT2D eigenvalue weighted by molar-refractivity contribution is 6.37. The molecule has 3 aromatic rings. The maximum Gasteiger partial charge on any atom is 0.231 e. The van der Waals surface area contributed by atoms with Crippen LogP contribution in [0.25, 0.3) is 6.08 Å². The van der Waals surface area contributed by atoms with Gasteiger partial charge in [-0.3, -0.25) is 14.7 Å². The van der Waals surface area contributed by atoms with Gasteiger partial charge in [0.2, 0.25) is 5.78 Å². The minimum absolute atomic E-state index is 0.194. The molecule has 7 heteroatoms. The molecule has 2 aliphatic rings. The number of Topliss-reactive ketones (excluding diaryl/α,β-unsaturated/α-hetero) is 1. The number of rotatable bonds is 3. The molecule has 2 aromatic carbocycles. The molecule has 0 unspecified atom stereocenters. The second-order valence-electron chi connectivity index (χ2n) is 7.11. The first kappa shape index (κ1) is 19.1. The molecular weight excluding hydrogens is 423 g/mol. The van der Waals surface area contributed by atoms with E-state index in [1.165, 1.54) is 0 Å². The van der Waals surface area contributed by atoms with E-state index in [9.17, 15) is 4.79 Å². The van der Waals surface area contributed by atoms with Crippen molar-refractivity contribution in [2.24, 2.45) is 0 Å². The average molecular weight is 439 g/mol. The van der Waals surface area contributed by atoms with Crippen LogP contribution >= 0.6 is 23.2 Å². The smallest absolute Gasteiger partial charge is 0.231 e. The van der Waals surface area contributed by atoms with E-state index in [0.29, 0.717) is 46.7 Å². The van der Waals surface area contributed by atoms with Crippen LogP contribution < -0.4 is 9.47 Å². The number of carbonyl (C=O) groups is 1. The van der Waals surface area contributed by atoms with Gasteiger partial charge in [0.05, 0.1) is 11.1 Å². The van der Waals surface area contributed by atoms with Crippen LogP contribution in [0.3, 0.4) is 0 Å². The van der Waals surface area contributed by atoms with Crippen LogP contribution in [0.2, 0.25) is 10.0 Å². The number of fused-ring (bicyclic) bond motifs is 3. The standard InChI is InChI=1S/C23H16Cl2N2O3/c24-18-2-1-3-19(25)16(18)10-21-22(28)15-4-5-20-17(23(15)30-21)12-27(13-29-20)11-14-6-8-26-9-7-14/h1-10H,11-13H2/b21-10-. The summed E-state index contributed by atoms with van der Waals surface area (Å²) in [5.74, 6) is 1.26. The number of ether oxygens (including phenoxy) is 2. The van der Waals surface area contributed by atoms with Gasteiger partial charge in [-0.1, -0.05) is 29.3 Å². The van der Waals surface area contributed by atoms with Crippen molar-refractivity contribution in [1.29, 1.82) is 0 Å². The molecule has 5 rings (SSSR count). The van der Waals surface area contributed by atoms with E-state index in [4.69, 9.17) is 32.7 Å². The normalized spacial score (nSPS) is 16.7. The molecule has 1 aromatic heterocycles. The molecule has 0 amide bonds. The number of allylic oxidation sites excluding steroid dienone is 1. The van der Waals surface area contributed by atoms with Crippen LogP contribution in [0.5, 0.6) is 11.5 Å². The van der Waals surface area contributed by atoms with E-state index in [1.54, 1.807) is 42.7 Å². The third-order valence-corrected chi connectivity index (χ3v) is 5.77. The predicted molar refractivity (Wildman–Crippen MR) is 115 cm³/mol. The lowest BCUT2D eigenvalue weighted by Crippen LogP contribution is -2.31. The van der Waals surface area contributed by atoms with Gasteiger partial charge in [0, 0.05) is 41.1 Å². The van der Waals surface area contributed by atoms with Crippen molar-refractivity contribution in [2.45, 2.75) is 13.1 Å². The van der Waals surface area contributed by atoms with Gasteiger partial charge in [0.25, 0.3) is 0 Å². The Morgan fingerprint density at radius 3 is 2.60 bits per heavy atom. The van der Waals surface area contributed by atoms with E-state index in [-0.39, 0.29) is 11.5 Å². The molecule has 0 N–H and O–H groups in total. The van der Waals surface area contributed by atoms with Crippen molar-refractivity contribution in [3.8, 4) is 11.5 Å². The topological polar surface area (TPSA) is 51.7 Å². The summed E-state index contributed by atoms with van der Waals surface area (Å²) in [7, 11) is 0. The molecule has 150 valence electrons. The largest absolute Gasteiger partial charge is 0.478 e. The van der Waals surface area contributed by atoms with E-state index in [1.807, 2.05) is 18.2 Å². The molecule has 0 fully saturated rings. The van der Waals surface area contributed by atoms with E-state index >= 15 is 0 Å². The van der Waals surface area contributed by atoms with Crippen LogP contribution in [0.4, 0.5) is 0 Å². The lowest BCUT2D eigenvalue weighted by Gasteiger charge is -2.29. The van der Waals surface area contributed by atoms with Gasteiger partial charge in [0.15, 0.2) is 5.76 Å². The van der Waals surface area contributed by atoms with Gasteiger partial charge in [-0.15, -0.1) is 0 Å². The molecular formula is C23H16Cl2N2O3. The number of aromatic nitrogens is 1. The van der Waals surface area contributed by atoms with Gasteiger partial charge >= 0.3 is 0 Å². The van der Waals surface area contributed by atoms with Crippen LogP contribution in [0.1, 0.15) is 27.0 Å². The Balaban J connectivity index is 1.46. The predicted octanol–water partition coefficient (Wildman–Crippen LogP) is 5.36. The first-order valence-electron chi connectivity index (χ1n) is 9.38. The quantitative estimate of drug-likeness (QED) is 0.515. The number of halogens is 2. The van der Waals surface area contributed by atoms with Crippen molar-refractivity contribution in [3.05, 3.63) is 92.9 Å². The molecule has 0 aliphatic carbocycles. The van der Waals surface area contributed by atoms with E-state index in [2.05, 4.69) is 9.88 Å². The van der Waals surface area contributed by atoms with Crippen LogP contribution in [0, 0.1) is 0 Å². The molecule has 30 heavy (non-hydrogen) atoms. The lowest BCUT2D eigenvalue weighted by atomic mass is 10.0. The molecule has 5 nitrogen and oxygen atoms in total. The molecule has 0 spiro atoms. The minimum atomic E-state index is -0.199. The average Bonchev–Trinajstić information content (AvgIpc) is 3.07. The number of benzene rings is 2. The Bertz CT molecular complexity index is 1160. The summed E-state index contributed by atoms with van der Waals surface area (Å²) >= 11 is 12.5. The zero-order chi connectivity index (χ0) is 20.7. The number of pyridine rings is 1. The van der Waals surface area contributed by atoms with Crippen molar-refractivity contribution in [2.75, 3.05) is 6.73 Å². The van der Waals surface area contributed by atoms with Gasteiger partial charge in [-0.25, -0.2) is 0 Å². The highest BCUT2D eigenvalue weighted by Crippen LogP contribution is 2.42. The van der Waals surface area contributed by atoms with Crippen molar-refractivity contribution in [3.63, 3.8) is 0 Å². The number of carbonyl (C=O) groups excluding carboxylic acids is 1. The lowest BCUT2D eigenvalue weighted by molar-refractivity contribution is 0.0872. The molecule has 0 saturated carbocycles. The Labute approximate surface area is 183 Å². The number of hydrogen-bond acceptors (Lipinski definition) is 5. The second-order valence-corrected chi connectivity index (χ2v) is 7.92. The summed E-state index contributed by atoms with van der Waals surface area (Å²) in [6, 6.07) is 12.7. The summed E-state index contributed by atoms with van der Waals surface area (Å²) in [4.78, 5) is 19.1. The second kappa shape index (κ2) is 7.76. The van der Waals surface area contributed by atoms with E-state index < -0.39 is 0 Å². The molecule has 0 atom stereocenters.